The van der Waals surface area contributed by atoms with E-state index in [4.69, 9.17) is 11.6 Å². The van der Waals surface area contributed by atoms with Gasteiger partial charge < -0.3 is 9.88 Å². The van der Waals surface area contributed by atoms with E-state index in [-0.39, 0.29) is 0 Å². The molecule has 1 N–H and O–H groups in total. The molecule has 0 saturated heterocycles. The van der Waals surface area contributed by atoms with Crippen molar-refractivity contribution in [2.75, 3.05) is 6.54 Å². The van der Waals surface area contributed by atoms with Crippen LogP contribution in [0.2, 0.25) is 5.15 Å². The van der Waals surface area contributed by atoms with Gasteiger partial charge in [-0.15, -0.1) is 0 Å². The first-order valence-electron chi connectivity index (χ1n) is 5.51. The molecule has 0 aliphatic carbocycles. The van der Waals surface area contributed by atoms with E-state index in [0.29, 0.717) is 5.15 Å². The molecule has 0 bridgehead atoms. The number of rotatable bonds is 5. The van der Waals surface area contributed by atoms with Gasteiger partial charge in [0.2, 0.25) is 0 Å². The predicted octanol–water partition coefficient (Wildman–Crippen LogP) is 1.14. The first-order valence-corrected chi connectivity index (χ1v) is 5.89. The fourth-order valence-corrected chi connectivity index (χ4v) is 1.77. The smallest absolute Gasteiger partial charge is 0.128 e. The standard InChI is InChI=1S/C11H16ClN5/c1-16-8-9(5-15-16)3-4-13-7-11-14-6-10(12)17(11)2/h5-6,8,13H,3-4,7H2,1-2H3. The summed E-state index contributed by atoms with van der Waals surface area (Å²) in [6.07, 6.45) is 6.55. The molecule has 2 aromatic heterocycles. The van der Waals surface area contributed by atoms with E-state index >= 15 is 0 Å². The van der Waals surface area contributed by atoms with Gasteiger partial charge in [0.1, 0.15) is 11.0 Å². The molecule has 0 spiro atoms. The molecule has 0 aliphatic rings. The van der Waals surface area contributed by atoms with Crippen molar-refractivity contribution in [3.05, 3.63) is 35.1 Å². The van der Waals surface area contributed by atoms with Crippen molar-refractivity contribution in [3.8, 4) is 0 Å². The molecule has 92 valence electrons. The van der Waals surface area contributed by atoms with Crippen LogP contribution in [-0.4, -0.2) is 25.9 Å². The van der Waals surface area contributed by atoms with E-state index in [9.17, 15) is 0 Å². The number of imidazole rings is 1. The molecule has 17 heavy (non-hydrogen) atoms. The van der Waals surface area contributed by atoms with Crippen molar-refractivity contribution in [2.45, 2.75) is 13.0 Å². The van der Waals surface area contributed by atoms with Crippen LogP contribution >= 0.6 is 11.6 Å². The maximum atomic E-state index is 5.90. The van der Waals surface area contributed by atoms with E-state index in [0.717, 1.165) is 25.3 Å². The minimum atomic E-state index is 0.661. The lowest BCUT2D eigenvalue weighted by Gasteiger charge is -2.04. The lowest BCUT2D eigenvalue weighted by atomic mass is 10.2. The molecule has 0 radical (unpaired) electrons. The Kier molecular flexibility index (Phi) is 3.81. The van der Waals surface area contributed by atoms with Crippen molar-refractivity contribution < 1.29 is 0 Å². The first kappa shape index (κ1) is 12.1. The molecular weight excluding hydrogens is 238 g/mol. The molecule has 0 fully saturated rings. The summed E-state index contributed by atoms with van der Waals surface area (Å²) in [7, 11) is 3.83. The largest absolute Gasteiger partial charge is 0.321 e. The van der Waals surface area contributed by atoms with Crippen molar-refractivity contribution >= 4 is 11.6 Å². The molecular formula is C11H16ClN5. The van der Waals surface area contributed by atoms with Crippen LogP contribution in [0, 0.1) is 0 Å². The van der Waals surface area contributed by atoms with Crippen LogP contribution in [-0.2, 0) is 27.1 Å². The number of aryl methyl sites for hydroxylation is 1. The van der Waals surface area contributed by atoms with Crippen LogP contribution in [0.3, 0.4) is 0 Å². The quantitative estimate of drug-likeness (QED) is 0.813. The lowest BCUT2D eigenvalue weighted by Crippen LogP contribution is -2.19. The zero-order chi connectivity index (χ0) is 12.3. The molecule has 0 aromatic carbocycles. The minimum Gasteiger partial charge on any atom is -0.321 e. The highest BCUT2D eigenvalue weighted by atomic mass is 35.5. The van der Waals surface area contributed by atoms with E-state index < -0.39 is 0 Å². The summed E-state index contributed by atoms with van der Waals surface area (Å²) >= 11 is 5.90. The summed E-state index contributed by atoms with van der Waals surface area (Å²) < 4.78 is 3.69. The molecule has 2 aromatic rings. The first-order chi connectivity index (χ1) is 8.16. The number of nitrogens with one attached hydrogen (secondary N) is 1. The number of aromatic nitrogens is 4. The molecule has 2 heterocycles. The second-order valence-electron chi connectivity index (χ2n) is 4.01. The van der Waals surface area contributed by atoms with Crippen LogP contribution < -0.4 is 5.32 Å². The third kappa shape index (κ3) is 3.08. The highest BCUT2D eigenvalue weighted by Gasteiger charge is 2.03. The predicted molar refractivity (Wildman–Crippen MR) is 66.8 cm³/mol. The molecule has 0 atom stereocenters. The van der Waals surface area contributed by atoms with Gasteiger partial charge in [0.05, 0.1) is 18.9 Å². The SMILES string of the molecule is Cn1cc(CCNCc2ncc(Cl)n2C)cn1. The Balaban J connectivity index is 1.75. The Hall–Kier alpha value is -1.33. The molecule has 6 heteroatoms. The summed E-state index contributed by atoms with van der Waals surface area (Å²) in [5.74, 6) is 0.946. The average Bonchev–Trinajstić information content (AvgIpc) is 2.84. The molecule has 2 rings (SSSR count). The van der Waals surface area contributed by atoms with E-state index in [1.54, 1.807) is 6.20 Å². The molecule has 0 amide bonds. The van der Waals surface area contributed by atoms with Crippen LogP contribution in [0.15, 0.2) is 18.6 Å². The van der Waals surface area contributed by atoms with E-state index in [1.807, 2.05) is 35.7 Å². The fourth-order valence-electron chi connectivity index (χ4n) is 1.62. The second kappa shape index (κ2) is 5.33. The third-order valence-electron chi connectivity index (χ3n) is 2.66. The van der Waals surface area contributed by atoms with Crippen LogP contribution in [0.25, 0.3) is 0 Å². The van der Waals surface area contributed by atoms with E-state index in [1.165, 1.54) is 5.56 Å². The summed E-state index contributed by atoms with van der Waals surface area (Å²) in [6.45, 7) is 1.62. The van der Waals surface area contributed by atoms with Crippen molar-refractivity contribution in [1.29, 1.82) is 0 Å². The second-order valence-corrected chi connectivity index (χ2v) is 4.39. The van der Waals surface area contributed by atoms with Crippen LogP contribution in [0.1, 0.15) is 11.4 Å². The van der Waals surface area contributed by atoms with Crippen molar-refractivity contribution in [2.24, 2.45) is 14.1 Å². The summed E-state index contributed by atoms with van der Waals surface area (Å²) in [4.78, 5) is 4.22. The van der Waals surface area contributed by atoms with Crippen molar-refractivity contribution in [1.82, 2.24) is 24.6 Å². The zero-order valence-corrected chi connectivity index (χ0v) is 10.8. The van der Waals surface area contributed by atoms with Gasteiger partial charge in [-0.25, -0.2) is 4.98 Å². The lowest BCUT2D eigenvalue weighted by molar-refractivity contribution is 0.637. The molecule has 0 aliphatic heterocycles. The Morgan fingerprint density at radius 3 is 2.76 bits per heavy atom. The van der Waals surface area contributed by atoms with Crippen LogP contribution in [0.5, 0.6) is 0 Å². The topological polar surface area (TPSA) is 47.7 Å². The van der Waals surface area contributed by atoms with E-state index in [2.05, 4.69) is 15.4 Å². The molecule has 0 unspecified atom stereocenters. The van der Waals surface area contributed by atoms with Gasteiger partial charge in [0.25, 0.3) is 0 Å². The van der Waals surface area contributed by atoms with Gasteiger partial charge in [-0.05, 0) is 18.5 Å². The van der Waals surface area contributed by atoms with Crippen LogP contribution in [0.4, 0.5) is 0 Å². The van der Waals surface area contributed by atoms with Gasteiger partial charge in [0.15, 0.2) is 0 Å². The molecule has 5 nitrogen and oxygen atoms in total. The maximum absolute atomic E-state index is 5.90. The van der Waals surface area contributed by atoms with Gasteiger partial charge in [-0.2, -0.15) is 5.10 Å². The van der Waals surface area contributed by atoms with Gasteiger partial charge in [-0.1, -0.05) is 11.6 Å². The van der Waals surface area contributed by atoms with Gasteiger partial charge >= 0.3 is 0 Å². The zero-order valence-electron chi connectivity index (χ0n) is 10.0. The number of nitrogens with zero attached hydrogens (tertiary/aromatic N) is 4. The third-order valence-corrected chi connectivity index (χ3v) is 3.01. The Labute approximate surface area is 105 Å². The Morgan fingerprint density at radius 2 is 2.18 bits per heavy atom. The Morgan fingerprint density at radius 1 is 1.35 bits per heavy atom. The normalized spacial score (nSPS) is 11.0. The summed E-state index contributed by atoms with van der Waals surface area (Å²) in [5.41, 5.74) is 1.23. The van der Waals surface area contributed by atoms with Crippen molar-refractivity contribution in [3.63, 3.8) is 0 Å². The fraction of sp³-hybridized carbons (Fsp3) is 0.455. The number of halogens is 1. The summed E-state index contributed by atoms with van der Waals surface area (Å²) in [6, 6.07) is 0. The highest BCUT2D eigenvalue weighted by Crippen LogP contribution is 2.08. The monoisotopic (exact) mass is 253 g/mol. The average molecular weight is 254 g/mol. The number of hydrogen-bond donors (Lipinski definition) is 1. The van der Waals surface area contributed by atoms with Gasteiger partial charge in [-0.3, -0.25) is 4.68 Å². The summed E-state index contributed by atoms with van der Waals surface area (Å²) in [5, 5.41) is 8.12. The molecule has 0 saturated carbocycles. The maximum Gasteiger partial charge on any atom is 0.128 e. The number of hydrogen-bond acceptors (Lipinski definition) is 3. The van der Waals surface area contributed by atoms with Gasteiger partial charge in [0, 0.05) is 20.3 Å². The highest BCUT2D eigenvalue weighted by molar-refractivity contribution is 6.29. The minimum absolute atomic E-state index is 0.661. The Bertz CT molecular complexity index is 488.